The van der Waals surface area contributed by atoms with Crippen LogP contribution >= 0.6 is 11.1 Å². The van der Waals surface area contributed by atoms with E-state index >= 15 is 0 Å². The molecule has 0 radical (unpaired) electrons. The first-order valence-electron chi connectivity index (χ1n) is 3.50. The summed E-state index contributed by atoms with van der Waals surface area (Å²) in [5, 5.41) is 0. The summed E-state index contributed by atoms with van der Waals surface area (Å²) in [7, 11) is -1.76. The fraction of sp³-hybridized carbons (Fsp3) is 0.571. The predicted octanol–water partition coefficient (Wildman–Crippen LogP) is 2.09. The van der Waals surface area contributed by atoms with Crippen LogP contribution in [0.2, 0.25) is 13.1 Å². The van der Waals surface area contributed by atoms with E-state index in [9.17, 15) is 4.79 Å². The molecular formula is C7H13ClO2Si. The van der Waals surface area contributed by atoms with Crippen molar-refractivity contribution in [1.29, 1.82) is 0 Å². The largest absolute Gasteiger partial charge is 0.463 e. The third-order valence-corrected chi connectivity index (χ3v) is 2.24. The topological polar surface area (TPSA) is 26.3 Å². The minimum absolute atomic E-state index is 0.311. The molecule has 0 aliphatic rings. The van der Waals surface area contributed by atoms with Crippen molar-refractivity contribution in [2.24, 2.45) is 0 Å². The Morgan fingerprint density at radius 2 is 2.18 bits per heavy atom. The summed E-state index contributed by atoms with van der Waals surface area (Å²) < 4.78 is 4.68. The van der Waals surface area contributed by atoms with Crippen molar-refractivity contribution in [2.45, 2.75) is 20.0 Å². The number of carbonyl (C=O) groups excluding carboxylic acids is 1. The Morgan fingerprint density at radius 3 is 2.55 bits per heavy atom. The van der Waals surface area contributed by atoms with Crippen molar-refractivity contribution in [3.05, 3.63) is 11.8 Å². The lowest BCUT2D eigenvalue weighted by molar-refractivity contribution is -0.137. The van der Waals surface area contributed by atoms with Gasteiger partial charge in [0, 0.05) is 6.08 Å². The molecule has 0 aromatic heterocycles. The molecule has 0 spiro atoms. The summed E-state index contributed by atoms with van der Waals surface area (Å²) in [6.07, 6.45) is 1.41. The first-order valence-corrected chi connectivity index (χ1v) is 7.59. The van der Waals surface area contributed by atoms with Crippen molar-refractivity contribution in [3.8, 4) is 0 Å². The molecule has 2 nitrogen and oxygen atoms in total. The van der Waals surface area contributed by atoms with Crippen molar-refractivity contribution in [1.82, 2.24) is 0 Å². The summed E-state index contributed by atoms with van der Waals surface area (Å²) in [6, 6.07) is 0. The second-order valence-corrected chi connectivity index (χ2v) is 9.03. The van der Waals surface area contributed by atoms with E-state index in [0.717, 1.165) is 0 Å². The van der Waals surface area contributed by atoms with Crippen LogP contribution in [0.15, 0.2) is 11.8 Å². The normalized spacial score (nSPS) is 12.0. The highest BCUT2D eigenvalue weighted by atomic mass is 35.6. The van der Waals surface area contributed by atoms with Gasteiger partial charge in [0.1, 0.15) is 0 Å². The molecule has 0 rings (SSSR count). The fourth-order valence-electron chi connectivity index (χ4n) is 0.457. The highest BCUT2D eigenvalue weighted by molar-refractivity contribution is 7.21. The minimum atomic E-state index is -1.76. The van der Waals surface area contributed by atoms with Crippen LogP contribution in [-0.2, 0) is 9.53 Å². The lowest BCUT2D eigenvalue weighted by Crippen LogP contribution is -2.13. The average molecular weight is 193 g/mol. The number of esters is 1. The van der Waals surface area contributed by atoms with Crippen LogP contribution in [0.25, 0.3) is 0 Å². The lowest BCUT2D eigenvalue weighted by Gasteiger charge is -2.03. The van der Waals surface area contributed by atoms with Crippen LogP contribution in [0.5, 0.6) is 0 Å². The molecule has 0 saturated carbocycles. The molecule has 0 aliphatic heterocycles. The first kappa shape index (κ1) is 10.7. The quantitative estimate of drug-likeness (QED) is 0.296. The number of hydrogen-bond acceptors (Lipinski definition) is 2. The highest BCUT2D eigenvalue weighted by Gasteiger charge is 2.12. The van der Waals surface area contributed by atoms with Crippen LogP contribution in [0, 0.1) is 0 Å². The molecule has 0 aliphatic carbocycles. The maximum absolute atomic E-state index is 10.7. The Labute approximate surface area is 72.9 Å². The Balaban J connectivity index is 3.83. The number of rotatable bonds is 3. The van der Waals surface area contributed by atoms with Gasteiger partial charge >= 0.3 is 5.97 Å². The zero-order chi connectivity index (χ0) is 8.91. The first-order chi connectivity index (χ1) is 4.95. The van der Waals surface area contributed by atoms with Crippen LogP contribution in [0.1, 0.15) is 6.92 Å². The van der Waals surface area contributed by atoms with E-state index in [2.05, 4.69) is 4.74 Å². The lowest BCUT2D eigenvalue weighted by atomic mass is 10.6. The van der Waals surface area contributed by atoms with Crippen LogP contribution < -0.4 is 0 Å². The van der Waals surface area contributed by atoms with E-state index in [1.807, 2.05) is 13.1 Å². The van der Waals surface area contributed by atoms with Gasteiger partial charge in [-0.2, -0.15) is 11.1 Å². The smallest absolute Gasteiger partial charge is 0.330 e. The van der Waals surface area contributed by atoms with Crippen LogP contribution in [0.3, 0.4) is 0 Å². The Bertz CT molecular complexity index is 160. The van der Waals surface area contributed by atoms with Crippen molar-refractivity contribution < 1.29 is 9.53 Å². The molecule has 0 heterocycles. The molecule has 0 saturated heterocycles. The van der Waals surface area contributed by atoms with E-state index in [0.29, 0.717) is 6.61 Å². The predicted molar refractivity (Wildman–Crippen MR) is 49.1 cm³/mol. The van der Waals surface area contributed by atoms with E-state index in [-0.39, 0.29) is 5.97 Å². The van der Waals surface area contributed by atoms with Crippen molar-refractivity contribution >= 4 is 24.4 Å². The van der Waals surface area contributed by atoms with Gasteiger partial charge in [-0.25, -0.2) is 4.79 Å². The Kier molecular flexibility index (Phi) is 4.45. The van der Waals surface area contributed by atoms with Gasteiger partial charge in [-0.05, 0) is 6.92 Å². The van der Waals surface area contributed by atoms with E-state index in [1.165, 1.54) is 6.08 Å². The van der Waals surface area contributed by atoms with E-state index < -0.39 is 7.38 Å². The molecule has 0 aromatic carbocycles. The Hall–Kier alpha value is -0.283. The molecule has 0 unspecified atom stereocenters. The molecule has 0 N–H and O–H groups in total. The summed E-state index contributed by atoms with van der Waals surface area (Å²) in [5.74, 6) is -0.311. The SMILES string of the molecule is CCOC(=O)/C=C/[Si](C)(C)Cl. The molecule has 0 fully saturated rings. The fourth-order valence-corrected chi connectivity index (χ4v) is 1.18. The van der Waals surface area contributed by atoms with Gasteiger partial charge in [0.15, 0.2) is 7.38 Å². The van der Waals surface area contributed by atoms with Crippen molar-refractivity contribution in [3.63, 3.8) is 0 Å². The van der Waals surface area contributed by atoms with Crippen LogP contribution in [-0.4, -0.2) is 20.0 Å². The third-order valence-electron chi connectivity index (χ3n) is 0.902. The van der Waals surface area contributed by atoms with Gasteiger partial charge in [-0.15, -0.1) is 0 Å². The molecule has 64 valence electrons. The second kappa shape index (κ2) is 4.57. The second-order valence-electron chi connectivity index (χ2n) is 2.65. The van der Waals surface area contributed by atoms with Gasteiger partial charge in [-0.3, -0.25) is 0 Å². The monoisotopic (exact) mass is 192 g/mol. The number of carbonyl (C=O) groups is 1. The Morgan fingerprint density at radius 1 is 1.64 bits per heavy atom. The maximum atomic E-state index is 10.7. The van der Waals surface area contributed by atoms with Gasteiger partial charge in [0.25, 0.3) is 0 Å². The molecule has 4 heteroatoms. The highest BCUT2D eigenvalue weighted by Crippen LogP contribution is 2.08. The standard InChI is InChI=1S/C7H13ClO2Si/c1-4-10-7(9)5-6-11(2,3)8/h5-6H,4H2,1-3H3/b6-5+. The van der Waals surface area contributed by atoms with Gasteiger partial charge in [0.05, 0.1) is 6.61 Å². The van der Waals surface area contributed by atoms with Gasteiger partial charge in [0.2, 0.25) is 0 Å². The third kappa shape index (κ3) is 7.62. The zero-order valence-corrected chi connectivity index (χ0v) is 8.81. The average Bonchev–Trinajstić information content (AvgIpc) is 1.83. The number of halogens is 1. The summed E-state index contributed by atoms with van der Waals surface area (Å²) in [6.45, 7) is 6.05. The summed E-state index contributed by atoms with van der Waals surface area (Å²) in [4.78, 5) is 10.7. The molecular weight excluding hydrogens is 180 g/mol. The molecule has 0 bridgehead atoms. The minimum Gasteiger partial charge on any atom is -0.463 e. The summed E-state index contributed by atoms with van der Waals surface area (Å²) >= 11 is 5.92. The maximum Gasteiger partial charge on any atom is 0.330 e. The molecule has 0 atom stereocenters. The zero-order valence-electron chi connectivity index (χ0n) is 7.06. The summed E-state index contributed by atoms with van der Waals surface area (Å²) in [5.41, 5.74) is 1.74. The molecule has 0 aromatic rings. The van der Waals surface area contributed by atoms with Gasteiger partial charge in [-0.1, -0.05) is 18.8 Å². The molecule has 11 heavy (non-hydrogen) atoms. The number of hydrogen-bond donors (Lipinski definition) is 0. The van der Waals surface area contributed by atoms with Crippen LogP contribution in [0.4, 0.5) is 0 Å². The van der Waals surface area contributed by atoms with Gasteiger partial charge < -0.3 is 4.74 Å². The number of ether oxygens (including phenoxy) is 1. The van der Waals surface area contributed by atoms with E-state index in [4.69, 9.17) is 11.1 Å². The van der Waals surface area contributed by atoms with Crippen molar-refractivity contribution in [2.75, 3.05) is 6.61 Å². The van der Waals surface area contributed by atoms with E-state index in [1.54, 1.807) is 12.6 Å². The molecule has 0 amide bonds.